The first-order valence-corrected chi connectivity index (χ1v) is 8.52. The number of rotatable bonds is 2. The van der Waals surface area contributed by atoms with Crippen LogP contribution in [0.4, 0.5) is 5.69 Å². The van der Waals surface area contributed by atoms with E-state index >= 15 is 0 Å². The predicted molar refractivity (Wildman–Crippen MR) is 98.3 cm³/mol. The van der Waals surface area contributed by atoms with Crippen molar-refractivity contribution in [3.05, 3.63) is 65.2 Å². The maximum atomic E-state index is 4.64. The van der Waals surface area contributed by atoms with Crippen LogP contribution < -0.4 is 0 Å². The van der Waals surface area contributed by atoms with E-state index < -0.39 is 0 Å². The third-order valence-corrected chi connectivity index (χ3v) is 4.35. The summed E-state index contributed by atoms with van der Waals surface area (Å²) in [4.78, 5) is 4.64. The molecule has 1 nitrogen and oxygen atoms in total. The van der Waals surface area contributed by atoms with Gasteiger partial charge in [0, 0.05) is 12.1 Å². The smallest absolute Gasteiger partial charge is 0.0786 e. The van der Waals surface area contributed by atoms with Gasteiger partial charge < -0.3 is 0 Å². The largest absolute Gasteiger partial charge is 0.255 e. The summed E-state index contributed by atoms with van der Waals surface area (Å²) in [6, 6.07) is 16.6. The maximum absolute atomic E-state index is 4.64. The standard InChI is InChI=1S/C22H23N/c1-18-11-13-20(14-12-18)17-23-22-10-6-5-9-21(22)16-15-19-7-3-2-4-8-19/h5-6,9-14,17,19H,2-4,7-8H2,1H3. The Balaban J connectivity index is 1.77. The highest BCUT2D eigenvalue weighted by Gasteiger charge is 2.10. The minimum Gasteiger partial charge on any atom is -0.255 e. The Morgan fingerprint density at radius 1 is 0.957 bits per heavy atom. The molecule has 0 saturated heterocycles. The SMILES string of the molecule is Cc1ccc(C=Nc2ccccc2C#CC2CCCCC2)cc1. The van der Waals surface area contributed by atoms with Gasteiger partial charge in [-0.25, -0.2) is 0 Å². The van der Waals surface area contributed by atoms with E-state index in [-0.39, 0.29) is 0 Å². The van der Waals surface area contributed by atoms with Crippen molar-refractivity contribution in [1.29, 1.82) is 0 Å². The van der Waals surface area contributed by atoms with Crippen LogP contribution in [0.3, 0.4) is 0 Å². The van der Waals surface area contributed by atoms with Gasteiger partial charge in [0.15, 0.2) is 0 Å². The van der Waals surface area contributed by atoms with E-state index in [1.165, 1.54) is 37.7 Å². The van der Waals surface area contributed by atoms with Crippen molar-refractivity contribution in [2.24, 2.45) is 10.9 Å². The van der Waals surface area contributed by atoms with Gasteiger partial charge in [0.05, 0.1) is 11.3 Å². The van der Waals surface area contributed by atoms with Crippen molar-refractivity contribution < 1.29 is 0 Å². The second-order valence-corrected chi connectivity index (χ2v) is 6.29. The number of aryl methyl sites for hydroxylation is 1. The molecule has 2 aromatic rings. The fraction of sp³-hybridized carbons (Fsp3) is 0.318. The van der Waals surface area contributed by atoms with Crippen molar-refractivity contribution in [2.45, 2.75) is 39.0 Å². The lowest BCUT2D eigenvalue weighted by molar-refractivity contribution is 0.430. The second-order valence-electron chi connectivity index (χ2n) is 6.29. The monoisotopic (exact) mass is 301 g/mol. The third kappa shape index (κ3) is 4.57. The summed E-state index contributed by atoms with van der Waals surface area (Å²) in [7, 11) is 0. The number of benzene rings is 2. The predicted octanol–water partition coefficient (Wildman–Crippen LogP) is 5.68. The van der Waals surface area contributed by atoms with Crippen LogP contribution in [0.1, 0.15) is 48.8 Å². The molecule has 0 aliphatic heterocycles. The number of hydrogen-bond acceptors (Lipinski definition) is 1. The molecule has 116 valence electrons. The number of para-hydroxylation sites is 1. The fourth-order valence-corrected chi connectivity index (χ4v) is 2.92. The molecule has 0 heterocycles. The molecular weight excluding hydrogens is 278 g/mol. The van der Waals surface area contributed by atoms with E-state index in [4.69, 9.17) is 0 Å². The van der Waals surface area contributed by atoms with Crippen LogP contribution in [0.2, 0.25) is 0 Å². The van der Waals surface area contributed by atoms with E-state index in [0.29, 0.717) is 5.92 Å². The molecule has 0 aromatic heterocycles. The van der Waals surface area contributed by atoms with Crippen LogP contribution in [-0.4, -0.2) is 6.21 Å². The normalized spacial score (nSPS) is 15.3. The summed E-state index contributed by atoms with van der Waals surface area (Å²) in [5.41, 5.74) is 4.37. The number of aliphatic imine (C=N–C) groups is 1. The molecule has 2 aromatic carbocycles. The maximum Gasteiger partial charge on any atom is 0.0786 e. The van der Waals surface area contributed by atoms with Crippen LogP contribution in [0.25, 0.3) is 0 Å². The lowest BCUT2D eigenvalue weighted by Crippen LogP contribution is -2.03. The molecule has 1 aliphatic rings. The van der Waals surface area contributed by atoms with Crippen LogP contribution in [0, 0.1) is 24.7 Å². The second kappa shape index (κ2) is 7.79. The molecule has 0 atom stereocenters. The molecule has 1 heteroatoms. The summed E-state index contributed by atoms with van der Waals surface area (Å²) in [5, 5.41) is 0. The van der Waals surface area contributed by atoms with E-state index in [2.05, 4.69) is 54.1 Å². The van der Waals surface area contributed by atoms with Crippen molar-refractivity contribution in [1.82, 2.24) is 0 Å². The van der Waals surface area contributed by atoms with E-state index in [1.807, 2.05) is 24.4 Å². The van der Waals surface area contributed by atoms with Gasteiger partial charge in [-0.05, 0) is 37.5 Å². The third-order valence-electron chi connectivity index (χ3n) is 4.35. The Hall–Kier alpha value is -2.33. The number of nitrogens with zero attached hydrogens (tertiary/aromatic N) is 1. The fourth-order valence-electron chi connectivity index (χ4n) is 2.92. The first kappa shape index (κ1) is 15.6. The van der Waals surface area contributed by atoms with Gasteiger partial charge in [0.2, 0.25) is 0 Å². The summed E-state index contributed by atoms with van der Waals surface area (Å²) >= 11 is 0. The lowest BCUT2D eigenvalue weighted by atomic mass is 9.89. The molecule has 0 amide bonds. The lowest BCUT2D eigenvalue weighted by Gasteiger charge is -2.15. The number of hydrogen-bond donors (Lipinski definition) is 0. The Morgan fingerprint density at radius 2 is 1.70 bits per heavy atom. The molecule has 1 saturated carbocycles. The molecule has 0 unspecified atom stereocenters. The summed E-state index contributed by atoms with van der Waals surface area (Å²) in [5.74, 6) is 7.39. The van der Waals surface area contributed by atoms with Crippen LogP contribution in [0.15, 0.2) is 53.5 Å². The van der Waals surface area contributed by atoms with Crippen molar-refractivity contribution in [3.63, 3.8) is 0 Å². The summed E-state index contributed by atoms with van der Waals surface area (Å²) < 4.78 is 0. The minimum atomic E-state index is 0.567. The van der Waals surface area contributed by atoms with Crippen molar-refractivity contribution in [2.75, 3.05) is 0 Å². The summed E-state index contributed by atoms with van der Waals surface area (Å²) in [6.45, 7) is 2.09. The quantitative estimate of drug-likeness (QED) is 0.500. The van der Waals surface area contributed by atoms with E-state index in [0.717, 1.165) is 16.8 Å². The van der Waals surface area contributed by atoms with Crippen molar-refractivity contribution >= 4 is 11.9 Å². The Bertz CT molecular complexity index is 723. The zero-order valence-corrected chi connectivity index (χ0v) is 13.8. The Labute approximate surface area is 139 Å². The molecule has 1 fully saturated rings. The topological polar surface area (TPSA) is 12.4 Å². The zero-order chi connectivity index (χ0) is 15.9. The Kier molecular flexibility index (Phi) is 5.27. The molecule has 3 rings (SSSR count). The van der Waals surface area contributed by atoms with Crippen molar-refractivity contribution in [3.8, 4) is 11.8 Å². The average Bonchev–Trinajstić information content (AvgIpc) is 2.61. The average molecular weight is 301 g/mol. The van der Waals surface area contributed by atoms with Gasteiger partial charge in [-0.2, -0.15) is 0 Å². The molecule has 23 heavy (non-hydrogen) atoms. The van der Waals surface area contributed by atoms with Crippen LogP contribution >= 0.6 is 0 Å². The van der Waals surface area contributed by atoms with Gasteiger partial charge in [-0.1, -0.05) is 73.1 Å². The highest BCUT2D eigenvalue weighted by Crippen LogP contribution is 2.23. The van der Waals surface area contributed by atoms with Crippen LogP contribution in [0.5, 0.6) is 0 Å². The molecule has 1 aliphatic carbocycles. The summed E-state index contributed by atoms with van der Waals surface area (Å²) in [6.07, 6.45) is 8.44. The first-order valence-electron chi connectivity index (χ1n) is 8.52. The first-order chi connectivity index (χ1) is 11.3. The van der Waals surface area contributed by atoms with E-state index in [9.17, 15) is 0 Å². The minimum absolute atomic E-state index is 0.567. The highest BCUT2D eigenvalue weighted by molar-refractivity contribution is 5.82. The Morgan fingerprint density at radius 3 is 2.48 bits per heavy atom. The highest BCUT2D eigenvalue weighted by atomic mass is 14.7. The van der Waals surface area contributed by atoms with Gasteiger partial charge in [0.1, 0.15) is 0 Å². The molecular formula is C22H23N. The van der Waals surface area contributed by atoms with Gasteiger partial charge in [-0.15, -0.1) is 0 Å². The molecule has 0 spiro atoms. The molecule has 0 bridgehead atoms. The molecule has 0 radical (unpaired) electrons. The van der Waals surface area contributed by atoms with E-state index in [1.54, 1.807) is 0 Å². The zero-order valence-electron chi connectivity index (χ0n) is 13.8. The van der Waals surface area contributed by atoms with Crippen LogP contribution in [-0.2, 0) is 0 Å². The molecule has 0 N–H and O–H groups in total. The van der Waals surface area contributed by atoms with Gasteiger partial charge in [-0.3, -0.25) is 4.99 Å². The van der Waals surface area contributed by atoms with Gasteiger partial charge >= 0.3 is 0 Å². The van der Waals surface area contributed by atoms with Gasteiger partial charge in [0.25, 0.3) is 0 Å².